The first-order chi connectivity index (χ1) is 12.8. The zero-order valence-electron chi connectivity index (χ0n) is 16.7. The van der Waals surface area contributed by atoms with Crippen molar-refractivity contribution in [2.75, 3.05) is 19.8 Å². The Morgan fingerprint density at radius 2 is 2.07 bits per heavy atom. The van der Waals surface area contributed by atoms with E-state index in [1.165, 1.54) is 0 Å². The molecule has 7 nitrogen and oxygen atoms in total. The van der Waals surface area contributed by atoms with Crippen molar-refractivity contribution in [3.63, 3.8) is 0 Å². The Labute approximate surface area is 160 Å². The molecule has 0 N–H and O–H groups in total. The van der Waals surface area contributed by atoms with Gasteiger partial charge in [0.1, 0.15) is 6.54 Å². The molecule has 0 bridgehead atoms. The summed E-state index contributed by atoms with van der Waals surface area (Å²) in [5.74, 6) is 0.115. The molecule has 2 aromatic heterocycles. The van der Waals surface area contributed by atoms with Gasteiger partial charge in [-0.1, -0.05) is 0 Å². The fraction of sp³-hybridized carbons (Fsp3) is 0.650. The third kappa shape index (κ3) is 3.29. The molecule has 0 aromatic carbocycles. The molecule has 2 aliphatic heterocycles. The third-order valence-electron chi connectivity index (χ3n) is 5.86. The number of rotatable bonds is 3. The van der Waals surface area contributed by atoms with E-state index in [2.05, 4.69) is 37.2 Å². The van der Waals surface area contributed by atoms with Crippen molar-refractivity contribution >= 4 is 5.91 Å². The van der Waals surface area contributed by atoms with Crippen molar-refractivity contribution in [1.29, 1.82) is 0 Å². The summed E-state index contributed by atoms with van der Waals surface area (Å²) >= 11 is 0. The quantitative estimate of drug-likeness (QED) is 0.832. The molecule has 0 radical (unpaired) electrons. The van der Waals surface area contributed by atoms with E-state index < -0.39 is 0 Å². The van der Waals surface area contributed by atoms with Crippen molar-refractivity contribution in [2.24, 2.45) is 5.41 Å². The second-order valence-electron chi connectivity index (χ2n) is 8.94. The van der Waals surface area contributed by atoms with Gasteiger partial charge in [-0.05, 0) is 46.6 Å². The van der Waals surface area contributed by atoms with E-state index in [-0.39, 0.29) is 29.4 Å². The highest BCUT2D eigenvalue weighted by atomic mass is 16.5. The standard InChI is InChI=1S/C20H29N5O2/c1-15-5-8-23(22-15)13-17(26)24-14-20(6-9-27-10-7-20)18(24)16-11-21-25(12-16)19(2,3)4/h5,8,11-12,18H,6-7,9-10,13-14H2,1-4H3. The highest BCUT2D eigenvalue weighted by Gasteiger charge is 2.55. The summed E-state index contributed by atoms with van der Waals surface area (Å²) in [5, 5.41) is 8.94. The maximum atomic E-state index is 13.0. The number of hydrogen-bond donors (Lipinski definition) is 0. The summed E-state index contributed by atoms with van der Waals surface area (Å²) in [6.07, 6.45) is 7.89. The average Bonchev–Trinajstić information content (AvgIpc) is 3.23. The minimum absolute atomic E-state index is 0.0710. The Balaban J connectivity index is 1.59. The van der Waals surface area contributed by atoms with E-state index >= 15 is 0 Å². The summed E-state index contributed by atoms with van der Waals surface area (Å²) in [5.41, 5.74) is 2.09. The predicted molar refractivity (Wildman–Crippen MR) is 101 cm³/mol. The van der Waals surface area contributed by atoms with E-state index in [0.717, 1.165) is 43.9 Å². The van der Waals surface area contributed by atoms with Crippen LogP contribution in [-0.2, 0) is 21.6 Å². The molecule has 2 aromatic rings. The lowest BCUT2D eigenvalue weighted by Crippen LogP contribution is -2.62. The highest BCUT2D eigenvalue weighted by Crippen LogP contribution is 2.54. The van der Waals surface area contributed by atoms with Crippen molar-refractivity contribution in [2.45, 2.75) is 58.7 Å². The zero-order chi connectivity index (χ0) is 19.2. The van der Waals surface area contributed by atoms with Crippen LogP contribution in [0.4, 0.5) is 0 Å². The van der Waals surface area contributed by atoms with Crippen LogP contribution in [0.15, 0.2) is 24.7 Å². The minimum Gasteiger partial charge on any atom is -0.381 e. The van der Waals surface area contributed by atoms with Crippen LogP contribution in [0.3, 0.4) is 0 Å². The van der Waals surface area contributed by atoms with Crippen LogP contribution in [0.5, 0.6) is 0 Å². The summed E-state index contributed by atoms with van der Waals surface area (Å²) in [6.45, 7) is 11.0. The number of hydrogen-bond acceptors (Lipinski definition) is 4. The monoisotopic (exact) mass is 371 g/mol. The molecule has 0 saturated carbocycles. The van der Waals surface area contributed by atoms with Gasteiger partial charge in [0.2, 0.25) is 5.91 Å². The maximum absolute atomic E-state index is 13.0. The molecule has 1 atom stereocenters. The fourth-order valence-electron chi connectivity index (χ4n) is 4.34. The summed E-state index contributed by atoms with van der Waals surface area (Å²) in [4.78, 5) is 15.0. The smallest absolute Gasteiger partial charge is 0.244 e. The van der Waals surface area contributed by atoms with Gasteiger partial charge in [-0.15, -0.1) is 0 Å². The lowest BCUT2D eigenvalue weighted by molar-refractivity contribution is -0.170. The normalized spacial score (nSPS) is 22.1. The maximum Gasteiger partial charge on any atom is 0.244 e. The Bertz CT molecular complexity index is 826. The number of aryl methyl sites for hydroxylation is 1. The van der Waals surface area contributed by atoms with Crippen LogP contribution in [0, 0.1) is 12.3 Å². The number of likely N-dealkylation sites (tertiary alicyclic amines) is 1. The summed E-state index contributed by atoms with van der Waals surface area (Å²) in [7, 11) is 0. The van der Waals surface area contributed by atoms with Gasteiger partial charge < -0.3 is 9.64 Å². The lowest BCUT2D eigenvalue weighted by Gasteiger charge is -2.59. The molecular formula is C20H29N5O2. The Morgan fingerprint density at radius 3 is 2.67 bits per heavy atom. The van der Waals surface area contributed by atoms with E-state index in [1.54, 1.807) is 4.68 Å². The van der Waals surface area contributed by atoms with Crippen molar-refractivity contribution < 1.29 is 9.53 Å². The number of carbonyl (C=O) groups excluding carboxylic acids is 1. The molecular weight excluding hydrogens is 342 g/mol. The van der Waals surface area contributed by atoms with Gasteiger partial charge in [0.25, 0.3) is 0 Å². The Morgan fingerprint density at radius 1 is 1.33 bits per heavy atom. The first kappa shape index (κ1) is 18.2. The Kier molecular flexibility index (Phi) is 4.37. The fourth-order valence-corrected chi connectivity index (χ4v) is 4.34. The van der Waals surface area contributed by atoms with Gasteiger partial charge in [-0.3, -0.25) is 14.2 Å². The number of carbonyl (C=O) groups is 1. The van der Waals surface area contributed by atoms with E-state index in [9.17, 15) is 4.79 Å². The lowest BCUT2D eigenvalue weighted by atomic mass is 9.64. The SMILES string of the molecule is Cc1ccn(CC(=O)N2CC3(CCOCC3)C2c2cnn(C(C)(C)C)c2)n1. The number of aromatic nitrogens is 4. The van der Waals surface area contributed by atoms with Gasteiger partial charge in [0.05, 0.1) is 23.5 Å². The van der Waals surface area contributed by atoms with Crippen LogP contribution in [-0.4, -0.2) is 50.1 Å². The van der Waals surface area contributed by atoms with Crippen LogP contribution in [0.25, 0.3) is 0 Å². The molecule has 1 unspecified atom stereocenters. The first-order valence-corrected chi connectivity index (χ1v) is 9.71. The molecule has 2 saturated heterocycles. The average molecular weight is 371 g/mol. The molecule has 2 fully saturated rings. The van der Waals surface area contributed by atoms with E-state index in [1.807, 2.05) is 35.0 Å². The number of amides is 1. The molecule has 1 spiro atoms. The second-order valence-corrected chi connectivity index (χ2v) is 8.94. The number of ether oxygens (including phenoxy) is 1. The van der Waals surface area contributed by atoms with Gasteiger partial charge in [-0.25, -0.2) is 0 Å². The molecule has 2 aliphatic rings. The topological polar surface area (TPSA) is 65.2 Å². The minimum atomic E-state index is -0.0771. The van der Waals surface area contributed by atoms with Crippen LogP contribution >= 0.6 is 0 Å². The van der Waals surface area contributed by atoms with Crippen LogP contribution in [0.2, 0.25) is 0 Å². The zero-order valence-corrected chi connectivity index (χ0v) is 16.7. The molecule has 0 aliphatic carbocycles. The van der Waals surface area contributed by atoms with Gasteiger partial charge in [-0.2, -0.15) is 10.2 Å². The summed E-state index contributed by atoms with van der Waals surface area (Å²) < 4.78 is 9.32. The molecule has 4 heterocycles. The second kappa shape index (κ2) is 6.48. The van der Waals surface area contributed by atoms with Gasteiger partial charge >= 0.3 is 0 Å². The third-order valence-corrected chi connectivity index (χ3v) is 5.86. The van der Waals surface area contributed by atoms with Gasteiger partial charge in [0.15, 0.2) is 0 Å². The van der Waals surface area contributed by atoms with Crippen molar-refractivity contribution in [3.05, 3.63) is 35.9 Å². The van der Waals surface area contributed by atoms with Crippen molar-refractivity contribution in [1.82, 2.24) is 24.5 Å². The first-order valence-electron chi connectivity index (χ1n) is 9.71. The summed E-state index contributed by atoms with van der Waals surface area (Å²) in [6, 6.07) is 2.00. The van der Waals surface area contributed by atoms with E-state index in [4.69, 9.17) is 4.74 Å². The molecule has 1 amide bonds. The van der Waals surface area contributed by atoms with Gasteiger partial charge in [0, 0.05) is 43.1 Å². The number of nitrogens with zero attached hydrogens (tertiary/aromatic N) is 5. The van der Waals surface area contributed by atoms with E-state index in [0.29, 0.717) is 0 Å². The molecule has 146 valence electrons. The van der Waals surface area contributed by atoms with Crippen molar-refractivity contribution in [3.8, 4) is 0 Å². The highest BCUT2D eigenvalue weighted by molar-refractivity contribution is 5.78. The molecule has 4 rings (SSSR count). The predicted octanol–water partition coefficient (Wildman–Crippen LogP) is 2.52. The molecule has 27 heavy (non-hydrogen) atoms. The Hall–Kier alpha value is -2.15. The molecule has 7 heteroatoms. The largest absolute Gasteiger partial charge is 0.381 e. The van der Waals surface area contributed by atoms with Crippen LogP contribution in [0.1, 0.15) is 50.9 Å². The van der Waals surface area contributed by atoms with Crippen LogP contribution < -0.4 is 0 Å².